The Bertz CT molecular complexity index is 413. The molecule has 0 N–H and O–H groups in total. The quantitative estimate of drug-likeness (QED) is 0.773. The van der Waals surface area contributed by atoms with E-state index in [0.29, 0.717) is 0 Å². The van der Waals surface area contributed by atoms with Crippen molar-refractivity contribution in [3.05, 3.63) is 29.3 Å². The number of aryl methyl sites for hydroxylation is 1. The molecule has 1 aliphatic heterocycles. The van der Waals surface area contributed by atoms with Crippen molar-refractivity contribution in [2.75, 3.05) is 26.7 Å². The number of hydrogen-bond donors (Lipinski definition) is 0. The third-order valence-electron chi connectivity index (χ3n) is 4.02. The lowest BCUT2D eigenvalue weighted by Crippen LogP contribution is -2.35. The topological polar surface area (TPSA) is 12.5 Å². The standard InChI is InChI=1S/C16H24ClNO/c1-12-6-8-18(9-7-12)11-15(17)14-10-13(2)4-5-16(14)19-3/h4-5,10,12,15H,6-9,11H2,1-3H3. The Labute approximate surface area is 121 Å². The molecule has 0 saturated carbocycles. The molecule has 1 unspecified atom stereocenters. The van der Waals surface area contributed by atoms with Gasteiger partial charge in [0.2, 0.25) is 0 Å². The molecule has 0 aromatic heterocycles. The summed E-state index contributed by atoms with van der Waals surface area (Å²) < 4.78 is 5.42. The van der Waals surface area contributed by atoms with Crippen LogP contribution in [0.15, 0.2) is 18.2 Å². The van der Waals surface area contributed by atoms with Gasteiger partial charge in [0.15, 0.2) is 0 Å². The lowest BCUT2D eigenvalue weighted by Gasteiger charge is -2.31. The van der Waals surface area contributed by atoms with Crippen LogP contribution in [-0.2, 0) is 0 Å². The van der Waals surface area contributed by atoms with E-state index >= 15 is 0 Å². The first-order valence-corrected chi connectivity index (χ1v) is 7.54. The van der Waals surface area contributed by atoms with Gasteiger partial charge in [0.25, 0.3) is 0 Å². The van der Waals surface area contributed by atoms with Crippen molar-refractivity contribution >= 4 is 11.6 Å². The summed E-state index contributed by atoms with van der Waals surface area (Å²) in [6.07, 6.45) is 2.57. The van der Waals surface area contributed by atoms with Crippen LogP contribution in [-0.4, -0.2) is 31.6 Å². The summed E-state index contributed by atoms with van der Waals surface area (Å²) in [5, 5.41) is 0.00301. The predicted molar refractivity (Wildman–Crippen MR) is 81.2 cm³/mol. The normalized spacial score (nSPS) is 19.4. The first kappa shape index (κ1) is 14.7. The van der Waals surface area contributed by atoms with Crippen molar-refractivity contribution in [3.63, 3.8) is 0 Å². The highest BCUT2D eigenvalue weighted by atomic mass is 35.5. The molecule has 1 aliphatic rings. The molecule has 2 rings (SSSR count). The Morgan fingerprint density at radius 1 is 1.37 bits per heavy atom. The number of hydrogen-bond acceptors (Lipinski definition) is 2. The summed E-state index contributed by atoms with van der Waals surface area (Å²) in [5.74, 6) is 1.76. The van der Waals surface area contributed by atoms with E-state index in [1.165, 1.54) is 31.5 Å². The van der Waals surface area contributed by atoms with Gasteiger partial charge >= 0.3 is 0 Å². The van der Waals surface area contributed by atoms with Gasteiger partial charge in [-0.3, -0.25) is 0 Å². The smallest absolute Gasteiger partial charge is 0.123 e. The molecule has 3 heteroatoms. The van der Waals surface area contributed by atoms with Crippen LogP contribution in [0, 0.1) is 12.8 Å². The summed E-state index contributed by atoms with van der Waals surface area (Å²) >= 11 is 6.61. The van der Waals surface area contributed by atoms with Crippen LogP contribution in [0.25, 0.3) is 0 Å². The lowest BCUT2D eigenvalue weighted by molar-refractivity contribution is 0.192. The van der Waals surface area contributed by atoms with Gasteiger partial charge in [-0.1, -0.05) is 24.6 Å². The molecule has 1 heterocycles. The molecule has 0 amide bonds. The zero-order valence-corrected chi connectivity index (χ0v) is 12.9. The van der Waals surface area contributed by atoms with Crippen LogP contribution in [0.3, 0.4) is 0 Å². The number of benzene rings is 1. The van der Waals surface area contributed by atoms with Crippen LogP contribution in [0.1, 0.15) is 36.3 Å². The van der Waals surface area contributed by atoms with Crippen LogP contribution in [0.4, 0.5) is 0 Å². The van der Waals surface area contributed by atoms with Gasteiger partial charge in [-0.05, 0) is 44.8 Å². The van der Waals surface area contributed by atoms with Crippen molar-refractivity contribution in [1.82, 2.24) is 4.90 Å². The Balaban J connectivity index is 2.03. The van der Waals surface area contributed by atoms with E-state index in [0.717, 1.165) is 23.8 Å². The molecule has 106 valence electrons. The number of piperidine rings is 1. The average molecular weight is 282 g/mol. The third-order valence-corrected chi connectivity index (χ3v) is 4.39. The zero-order valence-electron chi connectivity index (χ0n) is 12.2. The van der Waals surface area contributed by atoms with Crippen molar-refractivity contribution in [3.8, 4) is 5.75 Å². The highest BCUT2D eigenvalue weighted by Crippen LogP contribution is 2.32. The van der Waals surface area contributed by atoms with Crippen molar-refractivity contribution in [1.29, 1.82) is 0 Å². The lowest BCUT2D eigenvalue weighted by atomic mass is 9.98. The van der Waals surface area contributed by atoms with E-state index in [-0.39, 0.29) is 5.38 Å². The summed E-state index contributed by atoms with van der Waals surface area (Å²) in [6.45, 7) is 7.67. The minimum Gasteiger partial charge on any atom is -0.496 e. The van der Waals surface area contributed by atoms with Crippen LogP contribution < -0.4 is 4.74 Å². The maximum Gasteiger partial charge on any atom is 0.123 e. The molecule has 1 aromatic rings. The number of likely N-dealkylation sites (tertiary alicyclic amines) is 1. The summed E-state index contributed by atoms with van der Waals surface area (Å²) in [5.41, 5.74) is 2.34. The Kier molecular flexibility index (Phi) is 5.12. The van der Waals surface area contributed by atoms with E-state index in [4.69, 9.17) is 16.3 Å². The molecule has 0 spiro atoms. The summed E-state index contributed by atoms with van der Waals surface area (Å²) in [4.78, 5) is 2.47. The molecule has 2 nitrogen and oxygen atoms in total. The molecule has 0 aliphatic carbocycles. The van der Waals surface area contributed by atoms with Gasteiger partial charge in [-0.2, -0.15) is 0 Å². The number of methoxy groups -OCH3 is 1. The SMILES string of the molecule is COc1ccc(C)cc1C(Cl)CN1CCC(C)CC1. The Hall–Kier alpha value is -0.730. The third kappa shape index (κ3) is 3.87. The zero-order chi connectivity index (χ0) is 13.8. The number of rotatable bonds is 4. The average Bonchev–Trinajstić information content (AvgIpc) is 2.41. The van der Waals surface area contributed by atoms with Gasteiger partial charge in [-0.15, -0.1) is 11.6 Å². The second-order valence-electron chi connectivity index (χ2n) is 5.70. The molecule has 1 saturated heterocycles. The maximum absolute atomic E-state index is 6.61. The fourth-order valence-corrected chi connectivity index (χ4v) is 3.03. The van der Waals surface area contributed by atoms with E-state index in [9.17, 15) is 0 Å². The molecule has 0 radical (unpaired) electrons. The highest BCUT2D eigenvalue weighted by molar-refractivity contribution is 6.21. The van der Waals surface area contributed by atoms with E-state index in [1.807, 2.05) is 6.07 Å². The van der Waals surface area contributed by atoms with Gasteiger partial charge in [-0.25, -0.2) is 0 Å². The molecule has 19 heavy (non-hydrogen) atoms. The largest absolute Gasteiger partial charge is 0.496 e. The molecule has 1 aromatic carbocycles. The van der Waals surface area contributed by atoms with Crippen LogP contribution in [0.5, 0.6) is 5.75 Å². The van der Waals surface area contributed by atoms with Crippen molar-refractivity contribution in [2.24, 2.45) is 5.92 Å². The summed E-state index contributed by atoms with van der Waals surface area (Å²) in [6, 6.07) is 6.22. The predicted octanol–water partition coefficient (Wildman–Crippen LogP) is 4.02. The molecular formula is C16H24ClNO. The van der Waals surface area contributed by atoms with Gasteiger partial charge < -0.3 is 9.64 Å². The number of halogens is 1. The second kappa shape index (κ2) is 6.62. The summed E-state index contributed by atoms with van der Waals surface area (Å²) in [7, 11) is 1.71. The van der Waals surface area contributed by atoms with Crippen molar-refractivity contribution in [2.45, 2.75) is 32.1 Å². The van der Waals surface area contributed by atoms with Crippen molar-refractivity contribution < 1.29 is 4.74 Å². The molecular weight excluding hydrogens is 258 g/mol. The van der Waals surface area contributed by atoms with Gasteiger partial charge in [0.05, 0.1) is 12.5 Å². The Morgan fingerprint density at radius 3 is 2.68 bits per heavy atom. The fourth-order valence-electron chi connectivity index (χ4n) is 2.67. The first-order valence-electron chi connectivity index (χ1n) is 7.11. The molecule has 1 fully saturated rings. The van der Waals surface area contributed by atoms with Gasteiger partial charge in [0, 0.05) is 12.1 Å². The number of alkyl halides is 1. The highest BCUT2D eigenvalue weighted by Gasteiger charge is 2.21. The molecule has 0 bridgehead atoms. The van der Waals surface area contributed by atoms with Crippen LogP contribution >= 0.6 is 11.6 Å². The molecule has 1 atom stereocenters. The van der Waals surface area contributed by atoms with Crippen LogP contribution in [0.2, 0.25) is 0 Å². The number of nitrogens with zero attached hydrogens (tertiary/aromatic N) is 1. The second-order valence-corrected chi connectivity index (χ2v) is 6.22. The monoisotopic (exact) mass is 281 g/mol. The van der Waals surface area contributed by atoms with E-state index < -0.39 is 0 Å². The number of ether oxygens (including phenoxy) is 1. The fraction of sp³-hybridized carbons (Fsp3) is 0.625. The maximum atomic E-state index is 6.61. The van der Waals surface area contributed by atoms with E-state index in [1.54, 1.807) is 7.11 Å². The minimum atomic E-state index is 0.00301. The van der Waals surface area contributed by atoms with E-state index in [2.05, 4.69) is 30.9 Å². The Morgan fingerprint density at radius 2 is 2.05 bits per heavy atom. The minimum absolute atomic E-state index is 0.00301. The first-order chi connectivity index (χ1) is 9.10. The van der Waals surface area contributed by atoms with Gasteiger partial charge in [0.1, 0.15) is 5.75 Å².